The predicted molar refractivity (Wildman–Crippen MR) is 138 cm³/mol. The largest absolute Gasteiger partial charge is 0.491 e. The first-order valence-electron chi connectivity index (χ1n) is 12.3. The topological polar surface area (TPSA) is 110 Å². The second kappa shape index (κ2) is 13.2. The molecule has 10 heteroatoms. The smallest absolute Gasteiger partial charge is 0.257 e. The van der Waals surface area contributed by atoms with Crippen LogP contribution in [0.2, 0.25) is 0 Å². The van der Waals surface area contributed by atoms with Crippen molar-refractivity contribution in [2.24, 2.45) is 5.92 Å². The van der Waals surface area contributed by atoms with Gasteiger partial charge in [-0.05, 0) is 30.7 Å². The van der Waals surface area contributed by atoms with Crippen molar-refractivity contribution in [2.45, 2.75) is 32.4 Å². The van der Waals surface area contributed by atoms with Gasteiger partial charge in [-0.2, -0.15) is 0 Å². The van der Waals surface area contributed by atoms with Crippen molar-refractivity contribution in [3.05, 3.63) is 53.9 Å². The molecule has 10 nitrogen and oxygen atoms in total. The van der Waals surface area contributed by atoms with Gasteiger partial charge in [-0.3, -0.25) is 19.4 Å². The summed E-state index contributed by atoms with van der Waals surface area (Å²) in [5.74, 6) is -0.319. The van der Waals surface area contributed by atoms with Crippen LogP contribution in [0.4, 0.5) is 5.69 Å². The molecule has 3 amide bonds. The van der Waals surface area contributed by atoms with Gasteiger partial charge < -0.3 is 29.3 Å². The summed E-state index contributed by atoms with van der Waals surface area (Å²) in [6.07, 6.45) is 3.29. The van der Waals surface area contributed by atoms with Crippen LogP contribution in [0, 0.1) is 5.92 Å². The third-order valence-electron chi connectivity index (χ3n) is 6.40. The molecule has 1 aromatic heterocycles. The lowest BCUT2D eigenvalue weighted by molar-refractivity contribution is -0.134. The minimum absolute atomic E-state index is 0.0437. The Morgan fingerprint density at radius 2 is 1.97 bits per heavy atom. The SMILES string of the molecule is COCC(=O)Nc1ccc2c(c1)OC[C@@H](C)N(C(=O)Cc1cccnc1)C[C@@H](C)[C@H](OC)CN(C)C2=O. The van der Waals surface area contributed by atoms with Crippen LogP contribution in [-0.4, -0.2) is 92.2 Å². The summed E-state index contributed by atoms with van der Waals surface area (Å²) in [4.78, 5) is 46.3. The van der Waals surface area contributed by atoms with Gasteiger partial charge in [-0.25, -0.2) is 0 Å². The first-order valence-corrected chi connectivity index (χ1v) is 12.3. The van der Waals surface area contributed by atoms with Crippen molar-refractivity contribution in [3.8, 4) is 5.75 Å². The molecule has 3 rings (SSSR count). The molecular weight excluding hydrogens is 476 g/mol. The Morgan fingerprint density at radius 3 is 2.65 bits per heavy atom. The summed E-state index contributed by atoms with van der Waals surface area (Å²) in [6.45, 7) is 4.76. The summed E-state index contributed by atoms with van der Waals surface area (Å²) in [5, 5.41) is 2.73. The molecule has 0 radical (unpaired) electrons. The highest BCUT2D eigenvalue weighted by molar-refractivity contribution is 5.98. The fourth-order valence-corrected chi connectivity index (χ4v) is 4.30. The summed E-state index contributed by atoms with van der Waals surface area (Å²) in [5.41, 5.74) is 1.66. The van der Waals surface area contributed by atoms with Crippen LogP contribution >= 0.6 is 0 Å². The number of amides is 3. The molecule has 0 saturated heterocycles. The van der Waals surface area contributed by atoms with Crippen LogP contribution in [0.1, 0.15) is 29.8 Å². The zero-order valence-electron chi connectivity index (χ0n) is 22.1. The Kier molecular flexibility index (Phi) is 9.99. The van der Waals surface area contributed by atoms with E-state index in [1.54, 1.807) is 54.6 Å². The highest BCUT2D eigenvalue weighted by Crippen LogP contribution is 2.27. The van der Waals surface area contributed by atoms with E-state index in [0.29, 0.717) is 30.1 Å². The number of aromatic nitrogens is 1. The van der Waals surface area contributed by atoms with Gasteiger partial charge in [0.05, 0.1) is 24.1 Å². The van der Waals surface area contributed by atoms with Crippen LogP contribution < -0.4 is 10.1 Å². The van der Waals surface area contributed by atoms with E-state index in [1.165, 1.54) is 7.11 Å². The van der Waals surface area contributed by atoms with E-state index in [2.05, 4.69) is 10.3 Å². The number of methoxy groups -OCH3 is 2. The Hall–Kier alpha value is -3.50. The number of carbonyl (C=O) groups excluding carboxylic acids is 3. The number of hydrogen-bond acceptors (Lipinski definition) is 7. The molecular formula is C27H36N4O6. The number of likely N-dealkylation sites (N-methyl/N-ethyl adjacent to an activating group) is 1. The first-order chi connectivity index (χ1) is 17.7. The van der Waals surface area contributed by atoms with Gasteiger partial charge in [-0.15, -0.1) is 0 Å². The number of rotatable bonds is 6. The van der Waals surface area contributed by atoms with Crippen molar-refractivity contribution in [2.75, 3.05) is 52.9 Å². The van der Waals surface area contributed by atoms with Gasteiger partial charge in [0.1, 0.15) is 19.0 Å². The van der Waals surface area contributed by atoms with Crippen molar-refractivity contribution < 1.29 is 28.6 Å². The van der Waals surface area contributed by atoms with Crippen LogP contribution in [-0.2, 0) is 25.5 Å². The van der Waals surface area contributed by atoms with Crippen molar-refractivity contribution in [3.63, 3.8) is 0 Å². The number of nitrogens with zero attached hydrogens (tertiary/aromatic N) is 3. The highest BCUT2D eigenvalue weighted by Gasteiger charge is 2.30. The van der Waals surface area contributed by atoms with E-state index in [1.807, 2.05) is 26.0 Å². The summed E-state index contributed by atoms with van der Waals surface area (Å²) in [6, 6.07) is 8.28. The van der Waals surface area contributed by atoms with Crippen LogP contribution in [0.5, 0.6) is 5.75 Å². The minimum atomic E-state index is -0.323. The minimum Gasteiger partial charge on any atom is -0.491 e. The number of ether oxygens (including phenoxy) is 3. The van der Waals surface area contributed by atoms with Crippen LogP contribution in [0.3, 0.4) is 0 Å². The maximum atomic E-state index is 13.4. The number of pyridine rings is 1. The molecule has 0 saturated carbocycles. The maximum Gasteiger partial charge on any atom is 0.257 e. The molecule has 0 bridgehead atoms. The normalized spacial score (nSPS) is 20.8. The van der Waals surface area contributed by atoms with Gasteiger partial charge >= 0.3 is 0 Å². The van der Waals surface area contributed by atoms with Gasteiger partial charge in [0, 0.05) is 64.4 Å². The first kappa shape index (κ1) is 28.1. The number of anilines is 1. The third kappa shape index (κ3) is 7.50. The summed E-state index contributed by atoms with van der Waals surface area (Å²) < 4.78 is 16.7. The lowest BCUT2D eigenvalue weighted by Crippen LogP contribution is -2.49. The standard InChI is InChI=1S/C27H36N4O6/c1-18-14-31(26(33)11-20-7-6-10-28-13-20)19(2)16-37-23-12-21(29-25(32)17-35-4)8-9-22(23)27(34)30(3)15-24(18)36-5/h6-10,12-13,18-19,24H,11,14-17H2,1-5H3,(H,29,32)/t18-,19-,24-/m1/s1. The maximum absolute atomic E-state index is 13.4. The highest BCUT2D eigenvalue weighted by atomic mass is 16.5. The number of nitrogens with one attached hydrogen (secondary N) is 1. The molecule has 200 valence electrons. The van der Waals surface area contributed by atoms with Crippen molar-refractivity contribution in [1.82, 2.24) is 14.8 Å². The number of benzene rings is 1. The molecule has 1 N–H and O–H groups in total. The Morgan fingerprint density at radius 1 is 1.19 bits per heavy atom. The average molecular weight is 513 g/mol. The van der Waals surface area contributed by atoms with E-state index in [0.717, 1.165) is 5.56 Å². The summed E-state index contributed by atoms with van der Waals surface area (Å²) in [7, 11) is 4.76. The molecule has 2 heterocycles. The molecule has 0 fully saturated rings. The molecule has 3 atom stereocenters. The third-order valence-corrected chi connectivity index (χ3v) is 6.40. The van der Waals surface area contributed by atoms with E-state index >= 15 is 0 Å². The fourth-order valence-electron chi connectivity index (χ4n) is 4.30. The molecule has 1 aromatic carbocycles. The lowest BCUT2D eigenvalue weighted by atomic mass is 10.0. The van der Waals surface area contributed by atoms with Crippen LogP contribution in [0.15, 0.2) is 42.7 Å². The van der Waals surface area contributed by atoms with Gasteiger partial charge in [-0.1, -0.05) is 13.0 Å². The molecule has 0 unspecified atom stereocenters. The molecule has 0 spiro atoms. The average Bonchev–Trinajstić information content (AvgIpc) is 2.88. The Labute approximate surface area is 217 Å². The van der Waals surface area contributed by atoms with Crippen LogP contribution in [0.25, 0.3) is 0 Å². The van der Waals surface area contributed by atoms with Gasteiger partial charge in [0.25, 0.3) is 5.91 Å². The Bertz CT molecular complexity index is 1080. The monoisotopic (exact) mass is 512 g/mol. The second-order valence-corrected chi connectivity index (χ2v) is 9.37. The second-order valence-electron chi connectivity index (χ2n) is 9.37. The molecule has 0 aliphatic carbocycles. The molecule has 2 aromatic rings. The quantitative estimate of drug-likeness (QED) is 0.632. The molecule has 1 aliphatic heterocycles. The fraction of sp³-hybridized carbons (Fsp3) is 0.481. The van der Waals surface area contributed by atoms with Gasteiger partial charge in [0.2, 0.25) is 11.8 Å². The van der Waals surface area contributed by atoms with Crippen molar-refractivity contribution >= 4 is 23.4 Å². The molecule has 1 aliphatic rings. The van der Waals surface area contributed by atoms with Gasteiger partial charge in [0.15, 0.2) is 0 Å². The van der Waals surface area contributed by atoms with Crippen molar-refractivity contribution in [1.29, 1.82) is 0 Å². The van der Waals surface area contributed by atoms with E-state index in [4.69, 9.17) is 14.2 Å². The predicted octanol–water partition coefficient (Wildman–Crippen LogP) is 2.24. The number of hydrogen-bond donors (Lipinski definition) is 1. The van der Waals surface area contributed by atoms with E-state index < -0.39 is 0 Å². The number of fused-ring (bicyclic) bond motifs is 1. The van der Waals surface area contributed by atoms with E-state index in [9.17, 15) is 14.4 Å². The Balaban J connectivity index is 1.93. The lowest BCUT2D eigenvalue weighted by Gasteiger charge is -2.36. The summed E-state index contributed by atoms with van der Waals surface area (Å²) >= 11 is 0. The zero-order chi connectivity index (χ0) is 26.9. The number of carbonyl (C=O) groups is 3. The van der Waals surface area contributed by atoms with E-state index in [-0.39, 0.29) is 55.4 Å². The molecule has 37 heavy (non-hydrogen) atoms. The zero-order valence-corrected chi connectivity index (χ0v) is 22.1.